The zero-order chi connectivity index (χ0) is 24.4. The number of hydrogen-bond donors (Lipinski definition) is 0. The number of carbonyl (C=O) groups excluding carboxylic acids is 2. The van der Waals surface area contributed by atoms with Gasteiger partial charge in [-0.2, -0.15) is 0 Å². The molecule has 1 fully saturated rings. The van der Waals surface area contributed by atoms with E-state index in [1.54, 1.807) is 30.5 Å². The Balaban J connectivity index is 1.34. The van der Waals surface area contributed by atoms with Crippen LogP contribution in [0.1, 0.15) is 44.5 Å². The summed E-state index contributed by atoms with van der Waals surface area (Å²) in [6, 6.07) is 16.2. The number of carbonyl (C=O) groups is 2. The van der Waals surface area contributed by atoms with Crippen molar-refractivity contribution in [1.82, 2.24) is 14.5 Å². The fourth-order valence-electron chi connectivity index (χ4n) is 4.10. The summed E-state index contributed by atoms with van der Waals surface area (Å²) in [5, 5.41) is 0.874. The Morgan fingerprint density at radius 1 is 0.971 bits per heavy atom. The molecule has 3 heterocycles. The smallest absolute Gasteiger partial charge is 0.338 e. The van der Waals surface area contributed by atoms with Crippen LogP contribution in [0.25, 0.3) is 11.0 Å². The van der Waals surface area contributed by atoms with Gasteiger partial charge in [0.25, 0.3) is 0 Å². The van der Waals surface area contributed by atoms with Crippen LogP contribution in [0.2, 0.25) is 0 Å². The minimum Gasteiger partial charge on any atom is -0.459 e. The quantitative estimate of drug-likeness (QED) is 0.384. The fourth-order valence-corrected chi connectivity index (χ4v) is 4.10. The summed E-state index contributed by atoms with van der Waals surface area (Å²) in [7, 11) is 0. The van der Waals surface area contributed by atoms with Gasteiger partial charge in [0.05, 0.1) is 11.1 Å². The van der Waals surface area contributed by atoms with E-state index in [0.29, 0.717) is 23.2 Å². The van der Waals surface area contributed by atoms with E-state index in [1.165, 1.54) is 6.33 Å². The Kier molecular flexibility index (Phi) is 6.29. The fraction of sp³-hybridized carbons (Fsp3) is 0.259. The van der Waals surface area contributed by atoms with Crippen LogP contribution in [0.15, 0.2) is 73.3 Å². The monoisotopic (exact) mass is 471 g/mol. The number of aromatic nitrogens is 3. The highest BCUT2D eigenvalue weighted by Gasteiger charge is 2.40. The van der Waals surface area contributed by atoms with Gasteiger partial charge in [-0.05, 0) is 44.2 Å². The molecule has 0 spiro atoms. The average molecular weight is 472 g/mol. The Morgan fingerprint density at radius 3 is 2.31 bits per heavy atom. The third-order valence-corrected chi connectivity index (χ3v) is 6.08. The Morgan fingerprint density at radius 2 is 1.63 bits per heavy atom. The molecule has 0 unspecified atom stereocenters. The molecule has 0 amide bonds. The predicted octanol–water partition coefficient (Wildman–Crippen LogP) is 4.42. The lowest BCUT2D eigenvalue weighted by Crippen LogP contribution is -2.32. The zero-order valence-electron chi connectivity index (χ0n) is 19.5. The molecule has 1 saturated heterocycles. The number of ether oxygens (including phenoxy) is 3. The van der Waals surface area contributed by atoms with Gasteiger partial charge in [-0.25, -0.2) is 19.6 Å². The molecule has 0 N–H and O–H groups in total. The van der Waals surface area contributed by atoms with E-state index < -0.39 is 30.4 Å². The van der Waals surface area contributed by atoms with Crippen molar-refractivity contribution < 1.29 is 23.8 Å². The van der Waals surface area contributed by atoms with Crippen molar-refractivity contribution >= 4 is 23.0 Å². The molecule has 178 valence electrons. The first-order valence-electron chi connectivity index (χ1n) is 11.4. The van der Waals surface area contributed by atoms with Gasteiger partial charge in [-0.1, -0.05) is 35.4 Å². The maximum atomic E-state index is 12.8. The second-order valence-corrected chi connectivity index (χ2v) is 8.66. The number of aryl methyl sites for hydroxylation is 2. The van der Waals surface area contributed by atoms with Crippen LogP contribution < -0.4 is 0 Å². The van der Waals surface area contributed by atoms with Gasteiger partial charge >= 0.3 is 11.9 Å². The predicted molar refractivity (Wildman–Crippen MR) is 128 cm³/mol. The molecular weight excluding hydrogens is 446 g/mol. The third-order valence-electron chi connectivity index (χ3n) is 6.08. The first-order valence-corrected chi connectivity index (χ1v) is 11.4. The third kappa shape index (κ3) is 4.93. The van der Waals surface area contributed by atoms with Gasteiger partial charge in [-0.3, -0.25) is 0 Å². The van der Waals surface area contributed by atoms with Gasteiger partial charge in [0, 0.05) is 24.2 Å². The zero-order valence-corrected chi connectivity index (χ0v) is 19.5. The number of benzene rings is 2. The van der Waals surface area contributed by atoms with Gasteiger partial charge in [-0.15, -0.1) is 0 Å². The molecule has 8 nitrogen and oxygen atoms in total. The molecule has 3 atom stereocenters. The van der Waals surface area contributed by atoms with Crippen molar-refractivity contribution in [2.24, 2.45) is 0 Å². The van der Waals surface area contributed by atoms with Crippen molar-refractivity contribution in [2.75, 3.05) is 6.61 Å². The van der Waals surface area contributed by atoms with E-state index in [0.717, 1.165) is 16.5 Å². The van der Waals surface area contributed by atoms with Crippen molar-refractivity contribution in [3.63, 3.8) is 0 Å². The van der Waals surface area contributed by atoms with Crippen LogP contribution in [-0.2, 0) is 14.2 Å². The van der Waals surface area contributed by atoms with Gasteiger partial charge in [0.2, 0.25) is 0 Å². The van der Waals surface area contributed by atoms with Crippen molar-refractivity contribution in [3.8, 4) is 0 Å². The molecule has 4 aromatic rings. The molecule has 0 saturated carbocycles. The van der Waals surface area contributed by atoms with Crippen LogP contribution >= 0.6 is 0 Å². The van der Waals surface area contributed by atoms with Gasteiger partial charge in [0.15, 0.2) is 0 Å². The van der Waals surface area contributed by atoms with Crippen LogP contribution in [0, 0.1) is 13.8 Å². The second-order valence-electron chi connectivity index (χ2n) is 8.66. The second kappa shape index (κ2) is 9.68. The summed E-state index contributed by atoms with van der Waals surface area (Å²) in [6.45, 7) is 3.85. The molecular formula is C27H25N3O5. The topological polar surface area (TPSA) is 92.5 Å². The van der Waals surface area contributed by atoms with Crippen LogP contribution in [0.3, 0.4) is 0 Å². The number of esters is 2. The molecule has 2 aromatic heterocycles. The van der Waals surface area contributed by atoms with Crippen molar-refractivity contribution in [1.29, 1.82) is 0 Å². The highest BCUT2D eigenvalue weighted by molar-refractivity contribution is 5.90. The summed E-state index contributed by atoms with van der Waals surface area (Å²) < 4.78 is 19.5. The SMILES string of the molecule is Cc1ccc(C(=O)OC[C@@H]2O[C@@H](n3ccc4cncnc43)C[C@@H]2OC(=O)c2ccc(C)cc2)cc1. The Hall–Kier alpha value is -4.04. The van der Waals surface area contributed by atoms with E-state index in [-0.39, 0.29) is 6.61 Å². The van der Waals surface area contributed by atoms with E-state index >= 15 is 0 Å². The molecule has 1 aliphatic heterocycles. The standard InChI is InChI=1S/C27H25N3O5/c1-17-3-7-19(8-4-17)26(31)33-15-23-22(35-27(32)20-9-5-18(2)6-10-20)13-24(34-23)30-12-11-21-14-28-16-29-25(21)30/h3-12,14,16,22-24H,13,15H2,1-2H3/t22-,23-,24+/m0/s1. The average Bonchev–Trinajstić information content (AvgIpc) is 3.47. The minimum absolute atomic E-state index is 0.0523. The number of fused-ring (bicyclic) bond motifs is 1. The number of nitrogens with zero attached hydrogens (tertiary/aromatic N) is 3. The number of hydrogen-bond acceptors (Lipinski definition) is 7. The van der Waals surface area contributed by atoms with Crippen LogP contribution in [0.4, 0.5) is 0 Å². The maximum absolute atomic E-state index is 12.8. The first kappa shape index (κ1) is 22.7. The summed E-state index contributed by atoms with van der Waals surface area (Å²) in [6.07, 6.45) is 3.76. The molecule has 35 heavy (non-hydrogen) atoms. The summed E-state index contributed by atoms with van der Waals surface area (Å²) in [4.78, 5) is 33.8. The summed E-state index contributed by atoms with van der Waals surface area (Å²) in [5.41, 5.74) is 3.72. The molecule has 0 radical (unpaired) electrons. The van der Waals surface area contributed by atoms with E-state index in [2.05, 4.69) is 9.97 Å². The molecule has 1 aliphatic rings. The van der Waals surface area contributed by atoms with Crippen molar-refractivity contribution in [3.05, 3.63) is 95.6 Å². The Bertz CT molecular complexity index is 1350. The lowest BCUT2D eigenvalue weighted by atomic mass is 10.1. The normalized spacial score (nSPS) is 19.5. The van der Waals surface area contributed by atoms with Crippen LogP contribution in [0.5, 0.6) is 0 Å². The molecule has 2 aromatic carbocycles. The summed E-state index contributed by atoms with van der Waals surface area (Å²) >= 11 is 0. The van der Waals surface area contributed by atoms with Crippen molar-refractivity contribution in [2.45, 2.75) is 38.7 Å². The van der Waals surface area contributed by atoms with E-state index in [9.17, 15) is 9.59 Å². The minimum atomic E-state index is -0.636. The van der Waals surface area contributed by atoms with Crippen LogP contribution in [-0.4, -0.2) is 45.3 Å². The first-order chi connectivity index (χ1) is 17.0. The van der Waals surface area contributed by atoms with E-state index in [4.69, 9.17) is 14.2 Å². The van der Waals surface area contributed by atoms with Gasteiger partial charge < -0.3 is 18.8 Å². The maximum Gasteiger partial charge on any atom is 0.338 e. The highest BCUT2D eigenvalue weighted by Crippen LogP contribution is 2.34. The highest BCUT2D eigenvalue weighted by atomic mass is 16.6. The molecule has 0 bridgehead atoms. The molecule has 5 rings (SSSR count). The van der Waals surface area contributed by atoms with E-state index in [1.807, 2.05) is 54.9 Å². The van der Waals surface area contributed by atoms with Gasteiger partial charge in [0.1, 0.15) is 37.0 Å². The number of rotatable bonds is 6. The summed E-state index contributed by atoms with van der Waals surface area (Å²) in [5.74, 6) is -0.909. The lowest BCUT2D eigenvalue weighted by Gasteiger charge is -2.19. The molecule has 0 aliphatic carbocycles. The lowest BCUT2D eigenvalue weighted by molar-refractivity contribution is -0.0562. The Labute approximate surface area is 202 Å². The molecule has 8 heteroatoms. The largest absolute Gasteiger partial charge is 0.459 e.